The highest BCUT2D eigenvalue weighted by Crippen LogP contribution is 2.11. The largest absolute Gasteiger partial charge is 0.430 e. The average molecular weight is 376 g/mol. The van der Waals surface area contributed by atoms with E-state index in [1.165, 1.54) is 0 Å². The van der Waals surface area contributed by atoms with Crippen molar-refractivity contribution in [3.8, 4) is 0 Å². The number of ether oxygens (including phenoxy) is 1. The van der Waals surface area contributed by atoms with Gasteiger partial charge in [-0.3, -0.25) is 4.90 Å². The number of nitrogens with zero attached hydrogens (tertiary/aromatic N) is 2. The Kier molecular flexibility index (Phi) is 11.3. The molecule has 0 aliphatic heterocycles. The molecule has 0 saturated heterocycles. The first-order valence-electron chi connectivity index (χ1n) is 10.0. The summed E-state index contributed by atoms with van der Waals surface area (Å²) in [7, 11) is 3.81. The molecule has 27 heavy (non-hydrogen) atoms. The predicted molar refractivity (Wildman–Crippen MR) is 112 cm³/mol. The van der Waals surface area contributed by atoms with Gasteiger partial charge in [0.2, 0.25) is 0 Å². The molecule has 0 aliphatic carbocycles. The van der Waals surface area contributed by atoms with Crippen LogP contribution in [0.2, 0.25) is 0 Å². The standard InChI is InChI=1S/C22H37N3O2/c1-6-19(2)23-16-12-7-8-13-17-25(18-21-14-10-9-11-15-21)22(26)27-20(3)24(4)5/h9-11,14-15,20,23H,2,6-8,12-13,16-18H2,1,3-5H3. The van der Waals surface area contributed by atoms with Crippen molar-refractivity contribution in [2.24, 2.45) is 0 Å². The van der Waals surface area contributed by atoms with Crippen LogP contribution >= 0.6 is 0 Å². The van der Waals surface area contributed by atoms with Crippen LogP contribution in [-0.4, -0.2) is 49.3 Å². The van der Waals surface area contributed by atoms with Gasteiger partial charge < -0.3 is 15.0 Å². The van der Waals surface area contributed by atoms with Gasteiger partial charge in [-0.2, -0.15) is 0 Å². The Morgan fingerprint density at radius 2 is 1.81 bits per heavy atom. The molecule has 1 unspecified atom stereocenters. The predicted octanol–water partition coefficient (Wildman–Crippen LogP) is 4.61. The van der Waals surface area contributed by atoms with Crippen LogP contribution in [0.1, 0.15) is 51.5 Å². The fourth-order valence-corrected chi connectivity index (χ4v) is 2.54. The number of nitrogens with one attached hydrogen (secondary N) is 1. The third kappa shape index (κ3) is 10.0. The number of amides is 1. The van der Waals surface area contributed by atoms with E-state index >= 15 is 0 Å². The van der Waals surface area contributed by atoms with Crippen molar-refractivity contribution in [3.63, 3.8) is 0 Å². The van der Waals surface area contributed by atoms with Gasteiger partial charge in [-0.15, -0.1) is 0 Å². The summed E-state index contributed by atoms with van der Waals surface area (Å²) in [4.78, 5) is 16.3. The molecule has 1 aromatic carbocycles. The molecule has 0 bridgehead atoms. The first-order chi connectivity index (χ1) is 12.9. The zero-order valence-corrected chi connectivity index (χ0v) is 17.5. The van der Waals surface area contributed by atoms with Crippen molar-refractivity contribution >= 4 is 6.09 Å². The van der Waals surface area contributed by atoms with Crippen molar-refractivity contribution in [1.82, 2.24) is 15.1 Å². The molecule has 5 nitrogen and oxygen atoms in total. The third-order valence-corrected chi connectivity index (χ3v) is 4.63. The minimum atomic E-state index is -0.249. The Morgan fingerprint density at radius 3 is 2.44 bits per heavy atom. The molecule has 1 rings (SSSR count). The summed E-state index contributed by atoms with van der Waals surface area (Å²) in [5.74, 6) is 0. The van der Waals surface area contributed by atoms with E-state index < -0.39 is 0 Å². The minimum absolute atomic E-state index is 0.242. The van der Waals surface area contributed by atoms with E-state index in [0.29, 0.717) is 13.1 Å². The lowest BCUT2D eigenvalue weighted by atomic mass is 10.1. The highest BCUT2D eigenvalue weighted by molar-refractivity contribution is 5.67. The van der Waals surface area contributed by atoms with Crippen molar-refractivity contribution in [1.29, 1.82) is 0 Å². The van der Waals surface area contributed by atoms with Gasteiger partial charge in [0.15, 0.2) is 6.23 Å². The Bertz CT molecular complexity index is 546. The molecular weight excluding hydrogens is 338 g/mol. The molecule has 0 heterocycles. The van der Waals surface area contributed by atoms with E-state index in [1.807, 2.05) is 61.2 Å². The van der Waals surface area contributed by atoms with Crippen LogP contribution in [-0.2, 0) is 11.3 Å². The molecule has 0 spiro atoms. The fraction of sp³-hybridized carbons (Fsp3) is 0.591. The lowest BCUT2D eigenvalue weighted by Crippen LogP contribution is -2.38. The molecule has 5 heteroatoms. The minimum Gasteiger partial charge on any atom is -0.430 e. The average Bonchev–Trinajstić information content (AvgIpc) is 2.66. The summed E-state index contributed by atoms with van der Waals surface area (Å²) in [6, 6.07) is 10.1. The number of benzene rings is 1. The zero-order valence-electron chi connectivity index (χ0n) is 17.5. The maximum absolute atomic E-state index is 12.6. The lowest BCUT2D eigenvalue weighted by Gasteiger charge is -2.27. The highest BCUT2D eigenvalue weighted by atomic mass is 16.6. The van der Waals surface area contributed by atoms with Crippen molar-refractivity contribution < 1.29 is 9.53 Å². The number of carbonyl (C=O) groups is 1. The van der Waals surface area contributed by atoms with Gasteiger partial charge in [-0.1, -0.05) is 56.7 Å². The summed E-state index contributed by atoms with van der Waals surface area (Å²) in [5.41, 5.74) is 2.22. The number of carbonyl (C=O) groups excluding carboxylic acids is 1. The Morgan fingerprint density at radius 1 is 1.15 bits per heavy atom. The Hall–Kier alpha value is -2.01. The van der Waals surface area contributed by atoms with Crippen LogP contribution in [0.25, 0.3) is 0 Å². The number of unbranched alkanes of at least 4 members (excludes halogenated alkanes) is 3. The van der Waals surface area contributed by atoms with Gasteiger partial charge in [-0.25, -0.2) is 4.79 Å². The summed E-state index contributed by atoms with van der Waals surface area (Å²) in [6.45, 7) is 10.2. The fourth-order valence-electron chi connectivity index (χ4n) is 2.54. The van der Waals surface area contributed by atoms with Gasteiger partial charge in [0, 0.05) is 25.3 Å². The van der Waals surface area contributed by atoms with Crippen LogP contribution in [0.5, 0.6) is 0 Å². The van der Waals surface area contributed by atoms with Crippen molar-refractivity contribution in [2.75, 3.05) is 27.2 Å². The summed E-state index contributed by atoms with van der Waals surface area (Å²) in [5, 5.41) is 3.33. The molecule has 0 aromatic heterocycles. The highest BCUT2D eigenvalue weighted by Gasteiger charge is 2.18. The maximum Gasteiger partial charge on any atom is 0.411 e. The van der Waals surface area contributed by atoms with Gasteiger partial charge in [0.1, 0.15) is 0 Å². The Balaban J connectivity index is 2.44. The number of hydrogen-bond donors (Lipinski definition) is 1. The molecule has 0 aliphatic rings. The SMILES string of the molecule is C=C(CC)NCCCCCCN(Cc1ccccc1)C(=O)OC(C)N(C)C. The maximum atomic E-state index is 12.6. The Labute approximate surface area is 165 Å². The van der Waals surface area contributed by atoms with Gasteiger partial charge >= 0.3 is 6.09 Å². The number of hydrogen-bond acceptors (Lipinski definition) is 4. The number of allylic oxidation sites excluding steroid dienone is 1. The monoisotopic (exact) mass is 375 g/mol. The topological polar surface area (TPSA) is 44.8 Å². The zero-order chi connectivity index (χ0) is 20.1. The van der Waals surface area contributed by atoms with E-state index in [-0.39, 0.29) is 12.3 Å². The van der Waals surface area contributed by atoms with E-state index in [2.05, 4.69) is 18.8 Å². The third-order valence-electron chi connectivity index (χ3n) is 4.63. The molecule has 1 atom stereocenters. The first kappa shape index (κ1) is 23.0. The first-order valence-corrected chi connectivity index (χ1v) is 10.0. The van der Waals surface area contributed by atoms with Gasteiger partial charge in [0.25, 0.3) is 0 Å². The molecule has 152 valence electrons. The van der Waals surface area contributed by atoms with Crippen molar-refractivity contribution in [3.05, 3.63) is 48.2 Å². The lowest BCUT2D eigenvalue weighted by molar-refractivity contribution is 0.00453. The quantitative estimate of drug-likeness (QED) is 0.404. The molecule has 0 radical (unpaired) electrons. The molecule has 0 fully saturated rings. The van der Waals surface area contributed by atoms with E-state index in [4.69, 9.17) is 4.74 Å². The summed E-state index contributed by atoms with van der Waals surface area (Å²) in [6.07, 6.45) is 4.83. The second-order valence-corrected chi connectivity index (χ2v) is 7.15. The van der Waals surface area contributed by atoms with Crippen LogP contribution < -0.4 is 5.32 Å². The van der Waals surface area contributed by atoms with E-state index in [0.717, 1.165) is 49.9 Å². The second kappa shape index (κ2) is 13.2. The summed E-state index contributed by atoms with van der Waals surface area (Å²) < 4.78 is 5.57. The molecule has 1 aromatic rings. The van der Waals surface area contributed by atoms with Crippen LogP contribution in [0.3, 0.4) is 0 Å². The van der Waals surface area contributed by atoms with E-state index in [1.54, 1.807) is 0 Å². The smallest absolute Gasteiger partial charge is 0.411 e. The van der Waals surface area contributed by atoms with Crippen LogP contribution in [0.4, 0.5) is 4.79 Å². The molecule has 1 amide bonds. The molecule has 0 saturated carbocycles. The van der Waals surface area contributed by atoms with E-state index in [9.17, 15) is 4.79 Å². The normalized spacial score (nSPS) is 11.9. The van der Waals surface area contributed by atoms with Crippen LogP contribution in [0, 0.1) is 0 Å². The molecular formula is C22H37N3O2. The van der Waals surface area contributed by atoms with Gasteiger partial charge in [0.05, 0.1) is 0 Å². The number of rotatable bonds is 13. The van der Waals surface area contributed by atoms with Crippen molar-refractivity contribution in [2.45, 2.75) is 58.7 Å². The van der Waals surface area contributed by atoms with Gasteiger partial charge in [-0.05, 0) is 45.8 Å². The van der Waals surface area contributed by atoms with Crippen LogP contribution in [0.15, 0.2) is 42.6 Å². The summed E-state index contributed by atoms with van der Waals surface area (Å²) >= 11 is 0. The second-order valence-electron chi connectivity index (χ2n) is 7.15. The molecule has 1 N–H and O–H groups in total.